The minimum Gasteiger partial charge on any atom is -0.495 e. The van der Waals surface area contributed by atoms with Crippen molar-refractivity contribution in [2.75, 3.05) is 132 Å². The number of hydrogen-bond donors (Lipinski definition) is 3. The van der Waals surface area contributed by atoms with Crippen LogP contribution in [-0.2, 0) is 42.7 Å². The Morgan fingerprint density at radius 2 is 1.41 bits per heavy atom. The molecule has 20 nitrogen and oxygen atoms in total. The van der Waals surface area contributed by atoms with Crippen LogP contribution in [-0.4, -0.2) is 156 Å². The summed E-state index contributed by atoms with van der Waals surface area (Å²) in [6, 6.07) is 7.91. The third-order valence-corrected chi connectivity index (χ3v) is 9.59. The molecule has 1 amide bonds. The number of imidazole rings is 1. The summed E-state index contributed by atoms with van der Waals surface area (Å²) in [5.74, 6) is 2.03. The van der Waals surface area contributed by atoms with Crippen molar-refractivity contribution < 1.29 is 47.4 Å². The number of aromatic amines is 1. The lowest BCUT2D eigenvalue weighted by molar-refractivity contribution is -0.126. The van der Waals surface area contributed by atoms with Crippen molar-refractivity contribution in [2.45, 2.75) is 31.6 Å². The molecule has 0 saturated heterocycles. The normalized spacial score (nSPS) is 15.5. The Bertz CT molecular complexity index is 1860. The summed E-state index contributed by atoms with van der Waals surface area (Å²) in [4.78, 5) is 28.4. The van der Waals surface area contributed by atoms with E-state index in [1.165, 1.54) is 6.33 Å². The molecule has 3 heterocycles. The topological polar surface area (TPSA) is 246 Å². The third kappa shape index (κ3) is 14.9. The zero-order valence-electron chi connectivity index (χ0n) is 33.9. The minimum atomic E-state index is -0.0653. The number of amides is 1. The van der Waals surface area contributed by atoms with Crippen LogP contribution in [0.25, 0.3) is 38.3 Å². The number of hydrogen-bond acceptors (Lipinski definition) is 15. The molecule has 1 aliphatic rings. The number of nitrogen functional groups attached to an aromatic ring is 1. The van der Waals surface area contributed by atoms with Gasteiger partial charge in [0.1, 0.15) is 29.1 Å². The van der Waals surface area contributed by atoms with Gasteiger partial charge in [-0.25, -0.2) is 14.5 Å². The largest absolute Gasteiger partial charge is 0.495 e. The van der Waals surface area contributed by atoms with E-state index in [9.17, 15) is 4.79 Å². The summed E-state index contributed by atoms with van der Waals surface area (Å²) >= 11 is 0. The Balaban J connectivity index is 0.827. The lowest BCUT2D eigenvalue weighted by atomic mass is 9.81. The molecule has 0 bridgehead atoms. The number of nitrogens with one attached hydrogen (secondary N) is 2. The van der Waals surface area contributed by atoms with Crippen LogP contribution in [0.3, 0.4) is 0 Å². The SMILES string of the molecule is COc1cccc2cc(-c3nc([C@H]4CC[C@H](C(=O)NCCOCCOCCOCCOCCOCCOCCOCCOCCN=[N+]=[N-])CC4)n4ncnc(N)c34)[nH]c12. The van der Waals surface area contributed by atoms with Gasteiger partial charge in [-0.3, -0.25) is 4.79 Å². The van der Waals surface area contributed by atoms with E-state index in [4.69, 9.17) is 58.9 Å². The Morgan fingerprint density at radius 3 is 1.97 bits per heavy atom. The van der Waals surface area contributed by atoms with Gasteiger partial charge in [0.25, 0.3) is 0 Å². The number of carbonyl (C=O) groups is 1. The van der Waals surface area contributed by atoms with Crippen LogP contribution in [0, 0.1) is 5.92 Å². The van der Waals surface area contributed by atoms with E-state index in [0.717, 1.165) is 53.9 Å². The number of para-hydroxylation sites is 1. The molecular formula is C39H58N10O10. The number of nitrogens with two attached hydrogens (primary N) is 1. The molecule has 5 rings (SSSR count). The average molecular weight is 827 g/mol. The first-order chi connectivity index (χ1) is 29.1. The standard InChI is InChI=1S/C39H58N10O10/c1-51-33-4-2-3-31-27-32(46-34(31)33)35-36-37(40)43-28-45-49(36)38(47-35)29-5-7-30(8-6-29)39(50)42-9-11-52-13-15-54-17-19-56-21-23-58-25-26-59-24-22-57-20-18-55-16-14-53-12-10-44-48-41/h2-4,27-30,46H,5-26H2,1H3,(H,42,50)(H2,40,43,45)/t29-,30-. The quantitative estimate of drug-likeness (QED) is 0.0284. The monoisotopic (exact) mass is 826 g/mol. The van der Waals surface area contributed by atoms with Crippen LogP contribution in [0.4, 0.5) is 5.82 Å². The van der Waals surface area contributed by atoms with Crippen molar-refractivity contribution in [1.29, 1.82) is 0 Å². The number of ether oxygens (including phenoxy) is 9. The number of anilines is 1. The molecule has 4 aromatic rings. The van der Waals surface area contributed by atoms with E-state index in [2.05, 4.69) is 30.4 Å². The Hall–Kier alpha value is -4.63. The average Bonchev–Trinajstić information content (AvgIpc) is 3.88. The van der Waals surface area contributed by atoms with E-state index in [1.807, 2.05) is 24.3 Å². The fourth-order valence-electron chi connectivity index (χ4n) is 6.65. The van der Waals surface area contributed by atoms with E-state index >= 15 is 0 Å². The highest BCUT2D eigenvalue weighted by molar-refractivity contribution is 5.93. The fraction of sp³-hybridized carbons (Fsp3) is 0.641. The molecule has 0 spiro atoms. The maximum absolute atomic E-state index is 13.0. The van der Waals surface area contributed by atoms with Crippen molar-refractivity contribution in [3.8, 4) is 17.1 Å². The number of fused-ring (bicyclic) bond motifs is 2. The maximum Gasteiger partial charge on any atom is 0.223 e. The Morgan fingerprint density at radius 1 is 0.847 bits per heavy atom. The first-order valence-electron chi connectivity index (χ1n) is 20.2. The van der Waals surface area contributed by atoms with Crippen molar-refractivity contribution in [3.63, 3.8) is 0 Å². The van der Waals surface area contributed by atoms with Gasteiger partial charge in [-0.2, -0.15) is 5.10 Å². The maximum atomic E-state index is 13.0. The molecule has 20 heteroatoms. The smallest absolute Gasteiger partial charge is 0.223 e. The highest BCUT2D eigenvalue weighted by atomic mass is 16.6. The van der Waals surface area contributed by atoms with Gasteiger partial charge in [0, 0.05) is 35.2 Å². The summed E-state index contributed by atoms with van der Waals surface area (Å²) in [6.45, 7) is 8.06. The summed E-state index contributed by atoms with van der Waals surface area (Å²) < 4.78 is 51.1. The molecule has 1 fully saturated rings. The van der Waals surface area contributed by atoms with E-state index in [1.54, 1.807) is 11.6 Å². The fourth-order valence-corrected chi connectivity index (χ4v) is 6.65. The number of nitrogens with zero attached hydrogens (tertiary/aromatic N) is 7. The predicted molar refractivity (Wildman–Crippen MR) is 217 cm³/mol. The lowest BCUT2D eigenvalue weighted by Crippen LogP contribution is -2.35. The highest BCUT2D eigenvalue weighted by Gasteiger charge is 2.31. The van der Waals surface area contributed by atoms with Gasteiger partial charge >= 0.3 is 0 Å². The van der Waals surface area contributed by atoms with Crippen LogP contribution in [0.1, 0.15) is 37.4 Å². The molecule has 0 aliphatic heterocycles. The first kappa shape index (κ1) is 45.5. The van der Waals surface area contributed by atoms with Gasteiger partial charge in [0.2, 0.25) is 5.91 Å². The molecule has 59 heavy (non-hydrogen) atoms. The number of H-pyrrole nitrogens is 1. The van der Waals surface area contributed by atoms with Gasteiger partial charge in [-0.1, -0.05) is 17.2 Å². The molecule has 4 N–H and O–H groups in total. The Labute approximate surface area is 343 Å². The highest BCUT2D eigenvalue weighted by Crippen LogP contribution is 2.39. The van der Waals surface area contributed by atoms with Crippen LogP contribution < -0.4 is 15.8 Å². The zero-order chi connectivity index (χ0) is 41.3. The first-order valence-corrected chi connectivity index (χ1v) is 20.2. The number of carbonyl (C=O) groups excluding carboxylic acids is 1. The second-order valence-electron chi connectivity index (χ2n) is 13.5. The van der Waals surface area contributed by atoms with Gasteiger partial charge in [0.15, 0.2) is 5.82 Å². The van der Waals surface area contributed by atoms with Crippen LogP contribution in [0.15, 0.2) is 35.7 Å². The van der Waals surface area contributed by atoms with Gasteiger partial charge in [0.05, 0.1) is 124 Å². The van der Waals surface area contributed by atoms with Crippen LogP contribution >= 0.6 is 0 Å². The molecule has 3 aromatic heterocycles. The van der Waals surface area contributed by atoms with Crippen molar-refractivity contribution in [3.05, 3.63) is 46.9 Å². The number of aromatic nitrogens is 5. The molecule has 1 saturated carbocycles. The van der Waals surface area contributed by atoms with E-state index in [-0.39, 0.29) is 17.7 Å². The number of azide groups is 1. The summed E-state index contributed by atoms with van der Waals surface area (Å²) in [7, 11) is 1.65. The zero-order valence-corrected chi connectivity index (χ0v) is 33.9. The molecule has 0 radical (unpaired) electrons. The van der Waals surface area contributed by atoms with Gasteiger partial charge in [-0.05, 0) is 43.3 Å². The van der Waals surface area contributed by atoms with Crippen molar-refractivity contribution in [2.24, 2.45) is 11.0 Å². The van der Waals surface area contributed by atoms with Crippen molar-refractivity contribution in [1.82, 2.24) is 29.9 Å². The molecule has 0 unspecified atom stereocenters. The van der Waals surface area contributed by atoms with E-state index < -0.39 is 0 Å². The summed E-state index contributed by atoms with van der Waals surface area (Å²) in [6.07, 6.45) is 4.56. The van der Waals surface area contributed by atoms with Crippen molar-refractivity contribution >= 4 is 28.1 Å². The Kier molecular flexibility index (Phi) is 20.4. The number of benzene rings is 1. The predicted octanol–water partition coefficient (Wildman–Crippen LogP) is 3.70. The van der Waals surface area contributed by atoms with Gasteiger partial charge in [-0.15, -0.1) is 0 Å². The number of rotatable bonds is 31. The van der Waals surface area contributed by atoms with Gasteiger partial charge < -0.3 is 58.7 Å². The van der Waals surface area contributed by atoms with E-state index in [0.29, 0.717) is 136 Å². The van der Waals surface area contributed by atoms with Crippen LogP contribution in [0.5, 0.6) is 5.75 Å². The second-order valence-corrected chi connectivity index (χ2v) is 13.5. The van der Waals surface area contributed by atoms with Crippen LogP contribution in [0.2, 0.25) is 0 Å². The molecule has 1 aliphatic carbocycles. The lowest BCUT2D eigenvalue weighted by Gasteiger charge is -2.26. The molecule has 1 aromatic carbocycles. The molecule has 0 atom stereocenters. The summed E-state index contributed by atoms with van der Waals surface area (Å²) in [5, 5.41) is 11.9. The molecule has 324 valence electrons. The molecular weight excluding hydrogens is 768 g/mol. The third-order valence-electron chi connectivity index (χ3n) is 9.59. The minimum absolute atomic E-state index is 0.0492. The number of methoxy groups -OCH3 is 1. The second kappa shape index (κ2) is 26.5. The summed E-state index contributed by atoms with van der Waals surface area (Å²) in [5.41, 5.74) is 17.6.